The molecule has 1 N–H and O–H groups in total. The van der Waals surface area contributed by atoms with E-state index >= 15 is 0 Å². The molecule has 2 rings (SSSR count). The lowest BCUT2D eigenvalue weighted by Gasteiger charge is -2.52. The number of likely N-dealkylation sites (tertiary alicyclic amines) is 1. The van der Waals surface area contributed by atoms with Crippen LogP contribution in [0.5, 0.6) is 0 Å². The van der Waals surface area contributed by atoms with Gasteiger partial charge in [-0.3, -0.25) is 4.90 Å². The fraction of sp³-hybridized carbons (Fsp3) is 1.00. The van der Waals surface area contributed by atoms with Gasteiger partial charge in [-0.1, -0.05) is 39.5 Å². The van der Waals surface area contributed by atoms with Crippen LogP contribution >= 0.6 is 0 Å². The molecule has 1 aliphatic carbocycles. The highest BCUT2D eigenvalue weighted by Gasteiger charge is 2.44. The van der Waals surface area contributed by atoms with E-state index in [2.05, 4.69) is 18.7 Å². The van der Waals surface area contributed by atoms with Crippen molar-refractivity contribution < 1.29 is 5.11 Å². The lowest BCUT2D eigenvalue weighted by molar-refractivity contribution is -0.0767. The Morgan fingerprint density at radius 1 is 1.00 bits per heavy atom. The summed E-state index contributed by atoms with van der Waals surface area (Å²) in [4.78, 5) is 2.48. The first-order valence-corrected chi connectivity index (χ1v) is 7.56. The Labute approximate surface area is 106 Å². The fourth-order valence-corrected chi connectivity index (χ4v) is 3.70. The Bertz CT molecular complexity index is 231. The van der Waals surface area contributed by atoms with Gasteiger partial charge in [-0.2, -0.15) is 0 Å². The molecule has 17 heavy (non-hydrogen) atoms. The van der Waals surface area contributed by atoms with E-state index in [1.54, 1.807) is 0 Å². The normalized spacial score (nSPS) is 25.6. The molecule has 0 bridgehead atoms. The molecule has 1 saturated carbocycles. The monoisotopic (exact) mass is 239 g/mol. The van der Waals surface area contributed by atoms with E-state index in [-0.39, 0.29) is 0 Å². The average Bonchev–Trinajstić information content (AvgIpc) is 2.54. The zero-order chi connectivity index (χ0) is 12.4. The van der Waals surface area contributed by atoms with E-state index in [0.717, 1.165) is 19.4 Å². The van der Waals surface area contributed by atoms with E-state index in [1.807, 2.05) is 0 Å². The van der Waals surface area contributed by atoms with Crippen LogP contribution in [0.2, 0.25) is 0 Å². The molecular weight excluding hydrogens is 210 g/mol. The molecule has 1 saturated heterocycles. The summed E-state index contributed by atoms with van der Waals surface area (Å²) >= 11 is 0. The van der Waals surface area contributed by atoms with Crippen LogP contribution in [0.25, 0.3) is 0 Å². The van der Waals surface area contributed by atoms with Crippen LogP contribution in [-0.4, -0.2) is 35.2 Å². The van der Waals surface area contributed by atoms with Gasteiger partial charge in [0.05, 0.1) is 5.60 Å². The second kappa shape index (κ2) is 5.27. The van der Waals surface area contributed by atoms with Gasteiger partial charge in [0.2, 0.25) is 0 Å². The molecule has 0 amide bonds. The van der Waals surface area contributed by atoms with Gasteiger partial charge in [-0.25, -0.2) is 0 Å². The maximum atomic E-state index is 10.4. The van der Waals surface area contributed by atoms with Crippen LogP contribution in [0.1, 0.15) is 65.2 Å². The summed E-state index contributed by atoms with van der Waals surface area (Å²) in [6.07, 6.45) is 10.4. The summed E-state index contributed by atoms with van der Waals surface area (Å²) < 4.78 is 0. The van der Waals surface area contributed by atoms with Crippen LogP contribution in [-0.2, 0) is 0 Å². The predicted molar refractivity (Wildman–Crippen MR) is 72.1 cm³/mol. The zero-order valence-corrected chi connectivity index (χ0v) is 11.7. The first kappa shape index (κ1) is 13.4. The Hall–Kier alpha value is -0.0800. The van der Waals surface area contributed by atoms with Crippen molar-refractivity contribution in [2.24, 2.45) is 5.41 Å². The molecular formula is C15H29NO. The van der Waals surface area contributed by atoms with Crippen LogP contribution in [0.4, 0.5) is 0 Å². The van der Waals surface area contributed by atoms with Crippen molar-refractivity contribution in [2.75, 3.05) is 19.6 Å². The summed E-state index contributed by atoms with van der Waals surface area (Å²) in [7, 11) is 0. The van der Waals surface area contributed by atoms with Gasteiger partial charge in [-0.05, 0) is 31.1 Å². The standard InChI is InChI=1S/C15H29NO/c1-3-15(17,4-2)13-16-11-14(12-16)9-7-5-6-8-10-14/h17H,3-13H2,1-2H3. The molecule has 2 fully saturated rings. The number of rotatable bonds is 4. The van der Waals surface area contributed by atoms with E-state index in [9.17, 15) is 5.11 Å². The smallest absolute Gasteiger partial charge is 0.0768 e. The van der Waals surface area contributed by atoms with Crippen molar-refractivity contribution in [3.05, 3.63) is 0 Å². The predicted octanol–water partition coefficient (Wildman–Crippen LogP) is 3.19. The fourth-order valence-electron chi connectivity index (χ4n) is 3.70. The number of hydrogen-bond acceptors (Lipinski definition) is 2. The lowest BCUT2D eigenvalue weighted by Crippen LogP contribution is -2.59. The molecule has 0 unspecified atom stereocenters. The topological polar surface area (TPSA) is 23.5 Å². The lowest BCUT2D eigenvalue weighted by atomic mass is 9.73. The summed E-state index contributed by atoms with van der Waals surface area (Å²) in [5, 5.41) is 10.4. The van der Waals surface area contributed by atoms with Crippen LogP contribution < -0.4 is 0 Å². The van der Waals surface area contributed by atoms with Gasteiger partial charge in [0.1, 0.15) is 0 Å². The maximum absolute atomic E-state index is 10.4. The molecule has 1 heterocycles. The Morgan fingerprint density at radius 2 is 1.53 bits per heavy atom. The Morgan fingerprint density at radius 3 is 2.00 bits per heavy atom. The van der Waals surface area contributed by atoms with Crippen molar-refractivity contribution in [1.29, 1.82) is 0 Å². The molecule has 0 aromatic rings. The third-order valence-electron chi connectivity index (χ3n) is 5.12. The van der Waals surface area contributed by atoms with Crippen LogP contribution in [0, 0.1) is 5.41 Å². The summed E-state index contributed by atoms with van der Waals surface area (Å²) in [6, 6.07) is 0. The summed E-state index contributed by atoms with van der Waals surface area (Å²) in [6.45, 7) is 7.59. The first-order chi connectivity index (χ1) is 8.11. The van der Waals surface area contributed by atoms with Crippen molar-refractivity contribution >= 4 is 0 Å². The van der Waals surface area contributed by atoms with E-state index in [0.29, 0.717) is 5.41 Å². The van der Waals surface area contributed by atoms with E-state index in [1.165, 1.54) is 51.6 Å². The van der Waals surface area contributed by atoms with E-state index in [4.69, 9.17) is 0 Å². The SMILES string of the molecule is CCC(O)(CC)CN1CC2(CCCCCC2)C1. The minimum atomic E-state index is -0.438. The molecule has 0 atom stereocenters. The van der Waals surface area contributed by atoms with Gasteiger partial charge in [0.25, 0.3) is 0 Å². The van der Waals surface area contributed by atoms with Gasteiger partial charge in [0, 0.05) is 19.6 Å². The molecule has 100 valence electrons. The third kappa shape index (κ3) is 3.03. The second-order valence-electron chi connectivity index (χ2n) is 6.49. The molecule has 0 aromatic heterocycles. The summed E-state index contributed by atoms with van der Waals surface area (Å²) in [5.41, 5.74) is 0.200. The molecule has 0 radical (unpaired) electrons. The second-order valence-corrected chi connectivity index (χ2v) is 6.49. The molecule has 2 aliphatic rings. The molecule has 2 nitrogen and oxygen atoms in total. The summed E-state index contributed by atoms with van der Waals surface area (Å²) in [5.74, 6) is 0. The maximum Gasteiger partial charge on any atom is 0.0768 e. The minimum absolute atomic E-state index is 0.438. The van der Waals surface area contributed by atoms with Gasteiger partial charge < -0.3 is 5.11 Å². The van der Waals surface area contributed by atoms with Crippen molar-refractivity contribution in [3.63, 3.8) is 0 Å². The number of hydrogen-bond donors (Lipinski definition) is 1. The van der Waals surface area contributed by atoms with E-state index < -0.39 is 5.60 Å². The minimum Gasteiger partial charge on any atom is -0.389 e. The number of aliphatic hydroxyl groups is 1. The van der Waals surface area contributed by atoms with Gasteiger partial charge in [-0.15, -0.1) is 0 Å². The Balaban J connectivity index is 1.81. The quantitative estimate of drug-likeness (QED) is 0.814. The highest BCUT2D eigenvalue weighted by molar-refractivity contribution is 4.98. The first-order valence-electron chi connectivity index (χ1n) is 7.56. The van der Waals surface area contributed by atoms with Crippen LogP contribution in [0.15, 0.2) is 0 Å². The van der Waals surface area contributed by atoms with Gasteiger partial charge in [0.15, 0.2) is 0 Å². The van der Waals surface area contributed by atoms with Crippen LogP contribution in [0.3, 0.4) is 0 Å². The number of β-amino-alcohol motifs (C(OH)–C–C–N with tert-alkyl or cyclic N) is 1. The third-order valence-corrected chi connectivity index (χ3v) is 5.12. The van der Waals surface area contributed by atoms with Crippen molar-refractivity contribution in [2.45, 2.75) is 70.8 Å². The molecule has 1 spiro atoms. The zero-order valence-electron chi connectivity index (χ0n) is 11.7. The molecule has 2 heteroatoms. The Kier molecular flexibility index (Phi) is 4.14. The molecule has 0 aromatic carbocycles. The highest BCUT2D eigenvalue weighted by atomic mass is 16.3. The molecule has 1 aliphatic heterocycles. The largest absolute Gasteiger partial charge is 0.389 e. The average molecular weight is 239 g/mol. The van der Waals surface area contributed by atoms with Crippen molar-refractivity contribution in [1.82, 2.24) is 4.90 Å². The van der Waals surface area contributed by atoms with Gasteiger partial charge >= 0.3 is 0 Å². The van der Waals surface area contributed by atoms with Crippen molar-refractivity contribution in [3.8, 4) is 0 Å². The highest BCUT2D eigenvalue weighted by Crippen LogP contribution is 2.43. The number of nitrogens with zero attached hydrogens (tertiary/aromatic N) is 1.